The molecule has 0 radical (unpaired) electrons. The summed E-state index contributed by atoms with van der Waals surface area (Å²) >= 11 is 0. The summed E-state index contributed by atoms with van der Waals surface area (Å²) in [7, 11) is 0. The Kier molecular flexibility index (Phi) is 4.75. The maximum absolute atomic E-state index is 4.40. The lowest BCUT2D eigenvalue weighted by atomic mass is 9.95. The average Bonchev–Trinajstić information content (AvgIpc) is 2.40. The van der Waals surface area contributed by atoms with Crippen LogP contribution in [-0.4, -0.2) is 28.8 Å². The molecule has 4 heteroatoms. The van der Waals surface area contributed by atoms with Crippen molar-refractivity contribution >= 4 is 5.82 Å². The second-order valence-electron chi connectivity index (χ2n) is 6.10. The van der Waals surface area contributed by atoms with Crippen LogP contribution in [0.3, 0.4) is 0 Å². The highest BCUT2D eigenvalue weighted by atomic mass is 15.3. The third-order valence-electron chi connectivity index (χ3n) is 3.81. The van der Waals surface area contributed by atoms with Gasteiger partial charge in [-0.3, -0.25) is 0 Å². The second-order valence-corrected chi connectivity index (χ2v) is 6.10. The number of hydrogen-bond donors (Lipinski definition) is 1. The van der Waals surface area contributed by atoms with Crippen molar-refractivity contribution in [2.45, 2.75) is 59.2 Å². The Bertz CT molecular complexity index is 388. The molecule has 0 aliphatic carbocycles. The number of aromatic nitrogens is 2. The van der Waals surface area contributed by atoms with Gasteiger partial charge in [-0.2, -0.15) is 5.10 Å². The molecule has 2 heterocycles. The molecule has 2 atom stereocenters. The van der Waals surface area contributed by atoms with Crippen LogP contribution >= 0.6 is 0 Å². The van der Waals surface area contributed by atoms with Gasteiger partial charge in [-0.25, -0.2) is 0 Å². The summed E-state index contributed by atoms with van der Waals surface area (Å²) in [5, 5.41) is 12.1. The van der Waals surface area contributed by atoms with Gasteiger partial charge in [-0.15, -0.1) is 5.10 Å². The Morgan fingerprint density at radius 2 is 2.05 bits per heavy atom. The van der Waals surface area contributed by atoms with Gasteiger partial charge in [0.2, 0.25) is 0 Å². The smallest absolute Gasteiger partial charge is 0.151 e. The molecule has 0 spiro atoms. The first kappa shape index (κ1) is 14.3. The van der Waals surface area contributed by atoms with E-state index in [-0.39, 0.29) is 0 Å². The lowest BCUT2D eigenvalue weighted by molar-refractivity contribution is 0.387. The number of anilines is 1. The monoisotopic (exact) mass is 262 g/mol. The van der Waals surface area contributed by atoms with E-state index in [1.54, 1.807) is 0 Å². The molecule has 1 N–H and O–H groups in total. The van der Waals surface area contributed by atoms with Gasteiger partial charge in [0.1, 0.15) is 0 Å². The molecular formula is C15H26N4. The second kappa shape index (κ2) is 6.33. The first-order chi connectivity index (χ1) is 9.06. The summed E-state index contributed by atoms with van der Waals surface area (Å²) in [6.45, 7) is 10.8. The van der Waals surface area contributed by atoms with Crippen molar-refractivity contribution in [3.63, 3.8) is 0 Å². The van der Waals surface area contributed by atoms with Gasteiger partial charge in [-0.05, 0) is 37.8 Å². The van der Waals surface area contributed by atoms with Gasteiger partial charge < -0.3 is 10.2 Å². The molecule has 0 amide bonds. The molecule has 0 bridgehead atoms. The molecule has 1 saturated heterocycles. The lowest BCUT2D eigenvalue weighted by Gasteiger charge is -2.37. The SMILES string of the molecule is CC1CCC(C)N(c2ccc(CNC(C)C)nn2)C1. The van der Waals surface area contributed by atoms with E-state index in [2.05, 4.69) is 60.2 Å². The maximum atomic E-state index is 4.40. The number of piperidine rings is 1. The van der Waals surface area contributed by atoms with Crippen molar-refractivity contribution in [1.29, 1.82) is 0 Å². The Morgan fingerprint density at radius 1 is 1.26 bits per heavy atom. The van der Waals surface area contributed by atoms with E-state index in [9.17, 15) is 0 Å². The van der Waals surface area contributed by atoms with Gasteiger partial charge >= 0.3 is 0 Å². The summed E-state index contributed by atoms with van der Waals surface area (Å²) in [5.74, 6) is 1.77. The number of nitrogens with zero attached hydrogens (tertiary/aromatic N) is 3. The minimum absolute atomic E-state index is 0.476. The molecule has 2 rings (SSSR count). The van der Waals surface area contributed by atoms with E-state index in [0.29, 0.717) is 12.1 Å². The van der Waals surface area contributed by atoms with Crippen LogP contribution in [0.4, 0.5) is 5.82 Å². The van der Waals surface area contributed by atoms with Crippen molar-refractivity contribution in [1.82, 2.24) is 15.5 Å². The minimum atomic E-state index is 0.476. The van der Waals surface area contributed by atoms with Crippen molar-refractivity contribution in [3.05, 3.63) is 17.8 Å². The van der Waals surface area contributed by atoms with E-state index in [0.717, 1.165) is 30.5 Å². The fraction of sp³-hybridized carbons (Fsp3) is 0.733. The van der Waals surface area contributed by atoms with E-state index in [4.69, 9.17) is 0 Å². The van der Waals surface area contributed by atoms with Crippen LogP contribution in [-0.2, 0) is 6.54 Å². The normalized spacial score (nSPS) is 23.9. The predicted molar refractivity (Wildman–Crippen MR) is 79.2 cm³/mol. The average molecular weight is 262 g/mol. The third-order valence-corrected chi connectivity index (χ3v) is 3.81. The molecule has 106 valence electrons. The highest BCUT2D eigenvalue weighted by Crippen LogP contribution is 2.25. The van der Waals surface area contributed by atoms with Crippen LogP contribution < -0.4 is 10.2 Å². The zero-order valence-electron chi connectivity index (χ0n) is 12.6. The van der Waals surface area contributed by atoms with Gasteiger partial charge in [0.05, 0.1) is 5.69 Å². The van der Waals surface area contributed by atoms with Crippen LogP contribution in [0.2, 0.25) is 0 Å². The zero-order valence-corrected chi connectivity index (χ0v) is 12.6. The molecule has 4 nitrogen and oxygen atoms in total. The van der Waals surface area contributed by atoms with E-state index in [1.807, 2.05) is 0 Å². The van der Waals surface area contributed by atoms with Crippen LogP contribution in [0.1, 0.15) is 46.2 Å². The fourth-order valence-electron chi connectivity index (χ4n) is 2.52. The summed E-state index contributed by atoms with van der Waals surface area (Å²) in [6, 6.07) is 5.25. The maximum Gasteiger partial charge on any atom is 0.151 e. The molecule has 1 aromatic heterocycles. The van der Waals surface area contributed by atoms with E-state index >= 15 is 0 Å². The highest BCUT2D eigenvalue weighted by molar-refractivity contribution is 5.39. The Balaban J connectivity index is 2.00. The number of nitrogens with one attached hydrogen (secondary N) is 1. The van der Waals surface area contributed by atoms with Gasteiger partial charge in [-0.1, -0.05) is 20.8 Å². The van der Waals surface area contributed by atoms with E-state index < -0.39 is 0 Å². The first-order valence-corrected chi connectivity index (χ1v) is 7.39. The van der Waals surface area contributed by atoms with Crippen molar-refractivity contribution < 1.29 is 0 Å². The third kappa shape index (κ3) is 3.90. The number of hydrogen-bond acceptors (Lipinski definition) is 4. The standard InChI is InChI=1S/C15H26N4/c1-11(2)16-9-14-7-8-15(18-17-14)19-10-12(3)5-6-13(19)4/h7-8,11-13,16H,5-6,9-10H2,1-4H3. The van der Waals surface area contributed by atoms with Crippen LogP contribution in [0.5, 0.6) is 0 Å². The number of rotatable bonds is 4. The first-order valence-electron chi connectivity index (χ1n) is 7.39. The lowest BCUT2D eigenvalue weighted by Crippen LogP contribution is -2.41. The summed E-state index contributed by atoms with van der Waals surface area (Å²) in [4.78, 5) is 2.39. The zero-order chi connectivity index (χ0) is 13.8. The van der Waals surface area contributed by atoms with Crippen LogP contribution in [0, 0.1) is 5.92 Å². The highest BCUT2D eigenvalue weighted by Gasteiger charge is 2.24. The molecule has 1 aliphatic rings. The van der Waals surface area contributed by atoms with Crippen molar-refractivity contribution in [2.24, 2.45) is 5.92 Å². The van der Waals surface area contributed by atoms with E-state index in [1.165, 1.54) is 12.8 Å². The summed E-state index contributed by atoms with van der Waals surface area (Å²) in [5.41, 5.74) is 1.01. The Morgan fingerprint density at radius 3 is 2.68 bits per heavy atom. The van der Waals surface area contributed by atoms with Gasteiger partial charge in [0, 0.05) is 25.2 Å². The predicted octanol–water partition coefficient (Wildman–Crippen LogP) is 2.60. The fourth-order valence-corrected chi connectivity index (χ4v) is 2.52. The molecule has 1 aliphatic heterocycles. The molecule has 1 aromatic rings. The van der Waals surface area contributed by atoms with Crippen LogP contribution in [0.15, 0.2) is 12.1 Å². The Hall–Kier alpha value is -1.16. The summed E-state index contributed by atoms with van der Waals surface area (Å²) in [6.07, 6.45) is 2.57. The molecular weight excluding hydrogens is 236 g/mol. The van der Waals surface area contributed by atoms with Crippen molar-refractivity contribution in [2.75, 3.05) is 11.4 Å². The van der Waals surface area contributed by atoms with Crippen LogP contribution in [0.25, 0.3) is 0 Å². The molecule has 0 saturated carbocycles. The summed E-state index contributed by atoms with van der Waals surface area (Å²) < 4.78 is 0. The van der Waals surface area contributed by atoms with Gasteiger partial charge in [0.15, 0.2) is 5.82 Å². The minimum Gasteiger partial charge on any atom is -0.352 e. The molecule has 19 heavy (non-hydrogen) atoms. The van der Waals surface area contributed by atoms with Gasteiger partial charge in [0.25, 0.3) is 0 Å². The quantitative estimate of drug-likeness (QED) is 0.905. The molecule has 0 aromatic carbocycles. The molecule has 1 fully saturated rings. The van der Waals surface area contributed by atoms with Crippen molar-refractivity contribution in [3.8, 4) is 0 Å². The molecule has 2 unspecified atom stereocenters. The Labute approximate surface area is 116 Å². The largest absolute Gasteiger partial charge is 0.352 e. The topological polar surface area (TPSA) is 41.0 Å².